The van der Waals surface area contributed by atoms with Crippen molar-refractivity contribution in [2.75, 3.05) is 0 Å². The fourth-order valence-corrected chi connectivity index (χ4v) is 16.2. The molecular weight excluding hydrogens is 435 g/mol. The summed E-state index contributed by atoms with van der Waals surface area (Å²) in [7, 11) is -4.25. The van der Waals surface area contributed by atoms with Gasteiger partial charge in [-0.3, -0.25) is 4.55 Å². The molecule has 1 N–H and O–H groups in total. The molecule has 0 aliphatic heterocycles. The lowest BCUT2D eigenvalue weighted by atomic mass is 9.55. The zero-order chi connectivity index (χ0) is 21.7. The fourth-order valence-electron chi connectivity index (χ4n) is 10.6. The van der Waals surface area contributed by atoms with Crippen LogP contribution >= 0.6 is 7.92 Å². The molecule has 9 rings (SSSR count). The summed E-state index contributed by atoms with van der Waals surface area (Å²) in [6.07, 6.45) is 19.2. The predicted octanol–water partition coefficient (Wildman–Crippen LogP) is 6.85. The van der Waals surface area contributed by atoms with Crippen LogP contribution in [0.4, 0.5) is 0 Å². The smallest absolute Gasteiger partial charge is 0.282 e. The Morgan fingerprint density at radius 3 is 1.34 bits per heavy atom. The average Bonchev–Trinajstić information content (AvgIpc) is 2.69. The molecule has 0 atom stereocenters. The second kappa shape index (κ2) is 7.05. The van der Waals surface area contributed by atoms with Gasteiger partial charge in [0.1, 0.15) is 0 Å². The third-order valence-electron chi connectivity index (χ3n) is 10.7. The Bertz CT molecular complexity index is 899. The third-order valence-corrected chi connectivity index (χ3v) is 15.7. The molecule has 5 heteroatoms. The van der Waals surface area contributed by atoms with Crippen LogP contribution in [0.1, 0.15) is 82.6 Å². The van der Waals surface area contributed by atoms with Crippen LogP contribution in [0.3, 0.4) is 0 Å². The van der Waals surface area contributed by atoms with E-state index in [0.29, 0.717) is 10.3 Å². The molecule has 8 aliphatic carbocycles. The van der Waals surface area contributed by atoms with E-state index >= 15 is 0 Å². The van der Waals surface area contributed by atoms with Gasteiger partial charge in [0.2, 0.25) is 0 Å². The van der Waals surface area contributed by atoms with Crippen LogP contribution < -0.4 is 0 Å². The first-order valence-electron chi connectivity index (χ1n) is 13.1. The van der Waals surface area contributed by atoms with Gasteiger partial charge in [0, 0.05) is 0 Å². The summed E-state index contributed by atoms with van der Waals surface area (Å²) in [6, 6.07) is 7.30. The topological polar surface area (TPSA) is 54.4 Å². The lowest BCUT2D eigenvalue weighted by Gasteiger charge is -2.67. The number of benzene rings is 1. The molecule has 8 aliphatic rings. The fraction of sp³-hybridized carbons (Fsp3) is 0.778. The van der Waals surface area contributed by atoms with Gasteiger partial charge in [-0.05, 0) is 147 Å². The lowest BCUT2D eigenvalue weighted by molar-refractivity contribution is 0.0184. The van der Waals surface area contributed by atoms with Gasteiger partial charge in [0.15, 0.2) is 0 Å². The molecular formula is C27H37O3PS. The zero-order valence-corrected chi connectivity index (χ0v) is 20.8. The maximum atomic E-state index is 11.6. The molecule has 0 unspecified atom stereocenters. The van der Waals surface area contributed by atoms with Gasteiger partial charge in [-0.1, -0.05) is 20.1 Å². The maximum Gasteiger partial charge on any atom is 0.294 e. The summed E-state index contributed by atoms with van der Waals surface area (Å²) in [6.45, 7) is 0. The molecule has 0 spiro atoms. The monoisotopic (exact) mass is 472 g/mol. The minimum atomic E-state index is -4.12. The van der Waals surface area contributed by atoms with Crippen molar-refractivity contribution in [1.82, 2.24) is 0 Å². The largest absolute Gasteiger partial charge is 0.294 e. The van der Waals surface area contributed by atoms with Crippen LogP contribution in [0.25, 0.3) is 0 Å². The van der Waals surface area contributed by atoms with Crippen LogP contribution in [0.15, 0.2) is 29.2 Å². The van der Waals surface area contributed by atoms with E-state index in [1.54, 1.807) is 12.1 Å². The molecule has 0 radical (unpaired) electrons. The Morgan fingerprint density at radius 2 is 1.03 bits per heavy atom. The Morgan fingerprint density at radius 1 is 0.688 bits per heavy atom. The molecule has 8 fully saturated rings. The van der Waals surface area contributed by atoms with Crippen molar-refractivity contribution in [3.05, 3.63) is 29.8 Å². The van der Waals surface area contributed by atoms with Crippen molar-refractivity contribution in [2.45, 2.75) is 98.4 Å². The van der Waals surface area contributed by atoms with Crippen molar-refractivity contribution in [2.24, 2.45) is 35.5 Å². The third kappa shape index (κ3) is 3.29. The van der Waals surface area contributed by atoms with Gasteiger partial charge in [-0.2, -0.15) is 8.42 Å². The molecule has 0 amide bonds. The van der Waals surface area contributed by atoms with E-state index in [9.17, 15) is 13.0 Å². The van der Waals surface area contributed by atoms with Crippen LogP contribution in [0.2, 0.25) is 0 Å². The van der Waals surface area contributed by atoms with E-state index in [1.807, 2.05) is 12.1 Å². The van der Waals surface area contributed by atoms with Gasteiger partial charge in [-0.25, -0.2) is 0 Å². The summed E-state index contributed by atoms with van der Waals surface area (Å²) >= 11 is 0. The Labute approximate surface area is 194 Å². The van der Waals surface area contributed by atoms with E-state index in [-0.39, 0.29) is 12.8 Å². The molecule has 0 heterocycles. The highest BCUT2D eigenvalue weighted by Crippen LogP contribution is 2.79. The van der Waals surface area contributed by atoms with Crippen molar-refractivity contribution in [1.29, 1.82) is 0 Å². The van der Waals surface area contributed by atoms with E-state index in [1.165, 1.54) is 88.8 Å². The van der Waals surface area contributed by atoms with E-state index in [4.69, 9.17) is 0 Å². The summed E-state index contributed by atoms with van der Waals surface area (Å²) < 4.78 is 32.6. The first kappa shape index (κ1) is 20.9. The second-order valence-electron chi connectivity index (χ2n) is 13.0. The normalized spacial score (nSPS) is 47.2. The first-order chi connectivity index (χ1) is 15.3. The molecule has 8 bridgehead atoms. The van der Waals surface area contributed by atoms with Gasteiger partial charge in [-0.15, -0.1) is 0 Å². The molecule has 174 valence electrons. The summed E-state index contributed by atoms with van der Waals surface area (Å²) in [4.78, 5) is 0.0372. The molecule has 1 aromatic carbocycles. The standard InChI is InChI=1S/C27H37O3PS/c28-32(29,30)25-3-1-18(2-4-25)17-31(26-11-19-5-20(12-26)7-21(6-19)13-26)27-14-22-8-23(15-27)10-24(9-22)16-27/h1-4,19-24H,5-17H2,(H,28,29,30). The van der Waals surface area contributed by atoms with Crippen molar-refractivity contribution < 1.29 is 13.0 Å². The van der Waals surface area contributed by atoms with E-state index in [0.717, 1.165) is 35.5 Å². The Balaban J connectivity index is 1.28. The molecule has 8 saturated carbocycles. The minimum Gasteiger partial charge on any atom is -0.282 e. The predicted molar refractivity (Wildman–Crippen MR) is 129 cm³/mol. The molecule has 3 nitrogen and oxygen atoms in total. The summed E-state index contributed by atoms with van der Waals surface area (Å²) in [5, 5.41) is 1.19. The van der Waals surface area contributed by atoms with Crippen molar-refractivity contribution in [3.8, 4) is 0 Å². The Kier molecular flexibility index (Phi) is 4.60. The lowest BCUT2D eigenvalue weighted by Crippen LogP contribution is -2.56. The van der Waals surface area contributed by atoms with Gasteiger partial charge >= 0.3 is 0 Å². The van der Waals surface area contributed by atoms with Gasteiger partial charge < -0.3 is 0 Å². The van der Waals surface area contributed by atoms with Crippen molar-refractivity contribution in [3.63, 3.8) is 0 Å². The number of rotatable bonds is 5. The molecule has 0 aromatic heterocycles. The number of hydrogen-bond acceptors (Lipinski definition) is 2. The van der Waals surface area contributed by atoms with Crippen LogP contribution in [-0.2, 0) is 16.3 Å². The quantitative estimate of drug-likeness (QED) is 0.376. The van der Waals surface area contributed by atoms with Gasteiger partial charge in [0.25, 0.3) is 10.1 Å². The Hall–Kier alpha value is -0.440. The zero-order valence-electron chi connectivity index (χ0n) is 19.1. The molecule has 32 heavy (non-hydrogen) atoms. The minimum absolute atomic E-state index is 0.0372. The molecule has 0 saturated heterocycles. The summed E-state index contributed by atoms with van der Waals surface area (Å²) in [5.41, 5.74) is 1.31. The van der Waals surface area contributed by atoms with Crippen molar-refractivity contribution >= 4 is 18.0 Å². The maximum absolute atomic E-state index is 11.6. The van der Waals surface area contributed by atoms with Gasteiger partial charge in [0.05, 0.1) is 4.90 Å². The second-order valence-corrected chi connectivity index (χ2v) is 17.5. The van der Waals surface area contributed by atoms with Crippen LogP contribution in [-0.4, -0.2) is 23.3 Å². The van der Waals surface area contributed by atoms with Crippen LogP contribution in [0.5, 0.6) is 0 Å². The number of hydrogen-bond donors (Lipinski definition) is 1. The first-order valence-corrected chi connectivity index (χ1v) is 16.1. The van der Waals surface area contributed by atoms with Crippen LogP contribution in [0, 0.1) is 35.5 Å². The highest BCUT2D eigenvalue weighted by atomic mass is 32.2. The van der Waals surface area contributed by atoms with E-state index < -0.39 is 10.1 Å². The summed E-state index contributed by atoms with van der Waals surface area (Å²) in [5.74, 6) is 5.93. The SMILES string of the molecule is O=S(=O)(O)c1ccc(CP(C23CC4CC(CC(C4)C2)C3)C23CC4CC(CC(C4)C2)C3)cc1. The molecule has 1 aromatic rings. The highest BCUT2D eigenvalue weighted by molar-refractivity contribution is 7.85. The van der Waals surface area contributed by atoms with E-state index in [2.05, 4.69) is 0 Å². The average molecular weight is 473 g/mol. The highest BCUT2D eigenvalue weighted by Gasteiger charge is 2.62.